The summed E-state index contributed by atoms with van der Waals surface area (Å²) < 4.78 is 33.2. The molecular weight excluding hydrogens is 450 g/mol. The lowest BCUT2D eigenvalue weighted by Crippen LogP contribution is -2.53. The van der Waals surface area contributed by atoms with Crippen molar-refractivity contribution in [1.29, 1.82) is 0 Å². The molecule has 1 aliphatic carbocycles. The van der Waals surface area contributed by atoms with E-state index < -0.39 is 10.0 Å². The molecule has 2 heterocycles. The van der Waals surface area contributed by atoms with Crippen LogP contribution in [0.5, 0.6) is 5.75 Å². The van der Waals surface area contributed by atoms with Crippen LogP contribution < -0.4 is 9.64 Å². The minimum absolute atomic E-state index is 0.0184. The number of fused-ring (bicyclic) bond motifs is 1. The Kier molecular flexibility index (Phi) is 5.95. The molecule has 0 saturated carbocycles. The van der Waals surface area contributed by atoms with Gasteiger partial charge in [-0.3, -0.25) is 9.69 Å². The number of para-hydroxylation sites is 2. The minimum Gasteiger partial charge on any atom is -0.495 e. The van der Waals surface area contributed by atoms with Crippen molar-refractivity contribution in [2.45, 2.75) is 30.7 Å². The largest absolute Gasteiger partial charge is 0.495 e. The monoisotopic (exact) mass is 479 g/mol. The van der Waals surface area contributed by atoms with E-state index in [9.17, 15) is 13.2 Å². The normalized spacial score (nSPS) is 19.2. The van der Waals surface area contributed by atoms with E-state index in [2.05, 4.69) is 15.9 Å². The predicted octanol–water partition coefficient (Wildman–Crippen LogP) is 3.36. The van der Waals surface area contributed by atoms with E-state index in [4.69, 9.17) is 4.74 Å². The number of carbonyl (C=O) groups excluding carboxylic acids is 1. The topological polar surface area (TPSA) is 71.8 Å². The zero-order valence-corrected chi connectivity index (χ0v) is 20.3. The second-order valence-corrected chi connectivity index (χ2v) is 10.7. The van der Waals surface area contributed by atoms with Crippen molar-refractivity contribution in [1.82, 2.24) is 8.87 Å². The molecule has 1 aliphatic heterocycles. The molecule has 0 amide bonds. The number of aromatic nitrogens is 1. The molecule has 0 N–H and O–H groups in total. The molecule has 3 aromatic rings. The van der Waals surface area contributed by atoms with Crippen molar-refractivity contribution in [3.05, 3.63) is 77.6 Å². The fraction of sp³-hybridized carbons (Fsp3) is 0.346. The molecule has 1 fully saturated rings. The van der Waals surface area contributed by atoms with E-state index in [0.717, 1.165) is 43.2 Å². The standard InChI is InChI=1S/C26H29N3O4S/c1-19-7-9-20(10-8-19)34(31,32)29-14-13-21-22(29)11-12-24(26(21)30)28-17-15-27(16-18-28)23-5-3-4-6-25(23)33-2/h3-10,13-14,24H,11-12,15-18H2,1-2H3/t24-/m0/s1. The lowest BCUT2D eigenvalue weighted by atomic mass is 9.90. The van der Waals surface area contributed by atoms with Gasteiger partial charge in [-0.25, -0.2) is 12.4 Å². The molecule has 0 spiro atoms. The molecule has 34 heavy (non-hydrogen) atoms. The number of ether oxygens (including phenoxy) is 1. The van der Waals surface area contributed by atoms with E-state index >= 15 is 0 Å². The highest BCUT2D eigenvalue weighted by atomic mass is 32.2. The Morgan fingerprint density at radius 3 is 2.35 bits per heavy atom. The summed E-state index contributed by atoms with van der Waals surface area (Å²) in [6.45, 7) is 5.07. The quantitative estimate of drug-likeness (QED) is 0.559. The maximum absolute atomic E-state index is 13.4. The highest BCUT2D eigenvalue weighted by Crippen LogP contribution is 2.31. The molecule has 2 aliphatic rings. The van der Waals surface area contributed by atoms with Gasteiger partial charge in [-0.15, -0.1) is 0 Å². The number of ketones is 1. The summed E-state index contributed by atoms with van der Waals surface area (Å²) in [4.78, 5) is 18.2. The number of Topliss-reactive ketones (excluding diaryl/α,β-unsaturated/α-hetero) is 1. The average Bonchev–Trinajstić information content (AvgIpc) is 3.31. The Bertz CT molecular complexity index is 1310. The maximum atomic E-state index is 13.4. The van der Waals surface area contributed by atoms with Gasteiger partial charge in [-0.05, 0) is 50.1 Å². The van der Waals surface area contributed by atoms with E-state index in [1.807, 2.05) is 25.1 Å². The van der Waals surface area contributed by atoms with Crippen molar-refractivity contribution in [3.8, 4) is 5.75 Å². The summed E-state index contributed by atoms with van der Waals surface area (Å²) in [7, 11) is -2.05. The highest BCUT2D eigenvalue weighted by Gasteiger charge is 2.37. The van der Waals surface area contributed by atoms with Crippen LogP contribution in [0.3, 0.4) is 0 Å². The van der Waals surface area contributed by atoms with Crippen molar-refractivity contribution in [2.75, 3.05) is 38.2 Å². The summed E-state index contributed by atoms with van der Waals surface area (Å²) in [5.74, 6) is 0.871. The smallest absolute Gasteiger partial charge is 0.267 e. The van der Waals surface area contributed by atoms with Crippen molar-refractivity contribution >= 4 is 21.5 Å². The Hall–Kier alpha value is -3.10. The number of methoxy groups -OCH3 is 1. The number of hydrogen-bond acceptors (Lipinski definition) is 6. The van der Waals surface area contributed by atoms with Crippen LogP contribution in [-0.2, 0) is 16.4 Å². The van der Waals surface area contributed by atoms with E-state index in [0.29, 0.717) is 24.1 Å². The summed E-state index contributed by atoms with van der Waals surface area (Å²) >= 11 is 0. The Balaban J connectivity index is 1.32. The molecule has 1 aromatic heterocycles. The third-order valence-electron chi connectivity index (χ3n) is 6.93. The second kappa shape index (κ2) is 8.92. The van der Waals surface area contributed by atoms with Gasteiger partial charge in [0, 0.05) is 43.6 Å². The number of anilines is 1. The van der Waals surface area contributed by atoms with Gasteiger partial charge < -0.3 is 9.64 Å². The van der Waals surface area contributed by atoms with Crippen LogP contribution in [0.4, 0.5) is 5.69 Å². The zero-order chi connectivity index (χ0) is 23.9. The molecule has 8 heteroatoms. The fourth-order valence-corrected chi connectivity index (χ4v) is 6.47. The van der Waals surface area contributed by atoms with Crippen molar-refractivity contribution in [2.24, 2.45) is 0 Å². The second-order valence-electron chi connectivity index (χ2n) is 8.90. The molecule has 0 bridgehead atoms. The molecule has 1 atom stereocenters. The van der Waals surface area contributed by atoms with Crippen LogP contribution in [-0.4, -0.2) is 62.4 Å². The molecule has 1 saturated heterocycles. The molecule has 7 nitrogen and oxygen atoms in total. The number of aryl methyl sites for hydroxylation is 1. The maximum Gasteiger partial charge on any atom is 0.267 e. The van der Waals surface area contributed by atoms with Crippen LogP contribution in [0.1, 0.15) is 28.0 Å². The number of rotatable bonds is 5. The van der Waals surface area contributed by atoms with Gasteiger partial charge >= 0.3 is 0 Å². The van der Waals surface area contributed by atoms with Gasteiger partial charge in [0.2, 0.25) is 0 Å². The predicted molar refractivity (Wildman–Crippen MR) is 131 cm³/mol. The Labute approximate surface area is 200 Å². The minimum atomic E-state index is -3.73. The van der Waals surface area contributed by atoms with Gasteiger partial charge in [-0.2, -0.15) is 0 Å². The third-order valence-corrected chi connectivity index (χ3v) is 8.66. The van der Waals surface area contributed by atoms with Gasteiger partial charge in [0.1, 0.15) is 5.75 Å². The van der Waals surface area contributed by atoms with Crippen LogP contribution in [0.15, 0.2) is 65.7 Å². The summed E-state index contributed by atoms with van der Waals surface area (Å²) in [5.41, 5.74) is 3.19. The molecular formula is C26H29N3O4S. The van der Waals surface area contributed by atoms with Gasteiger partial charge in [-0.1, -0.05) is 29.8 Å². The molecule has 0 unspecified atom stereocenters. The fourth-order valence-electron chi connectivity index (χ4n) is 5.06. The first-order valence-corrected chi connectivity index (χ1v) is 13.0. The summed E-state index contributed by atoms with van der Waals surface area (Å²) in [6.07, 6.45) is 2.70. The van der Waals surface area contributed by atoms with Crippen molar-refractivity contribution < 1.29 is 17.9 Å². The average molecular weight is 480 g/mol. The summed E-state index contributed by atoms with van der Waals surface area (Å²) in [6, 6.07) is 16.2. The lowest BCUT2D eigenvalue weighted by molar-refractivity contribution is 0.0777. The van der Waals surface area contributed by atoms with Gasteiger partial charge in [0.05, 0.1) is 23.7 Å². The van der Waals surface area contributed by atoms with Crippen LogP contribution >= 0.6 is 0 Å². The molecule has 0 radical (unpaired) electrons. The Morgan fingerprint density at radius 2 is 1.65 bits per heavy atom. The van der Waals surface area contributed by atoms with E-state index in [1.54, 1.807) is 37.4 Å². The summed E-state index contributed by atoms with van der Waals surface area (Å²) in [5, 5.41) is 0. The first-order chi connectivity index (χ1) is 16.4. The van der Waals surface area contributed by atoms with Crippen LogP contribution in [0, 0.1) is 6.92 Å². The van der Waals surface area contributed by atoms with E-state index in [-0.39, 0.29) is 16.7 Å². The van der Waals surface area contributed by atoms with Gasteiger partial charge in [0.15, 0.2) is 5.78 Å². The van der Waals surface area contributed by atoms with Crippen molar-refractivity contribution in [3.63, 3.8) is 0 Å². The number of hydrogen-bond donors (Lipinski definition) is 0. The third kappa shape index (κ3) is 3.91. The number of carbonyl (C=O) groups is 1. The zero-order valence-electron chi connectivity index (χ0n) is 19.5. The first-order valence-electron chi connectivity index (χ1n) is 11.6. The SMILES string of the molecule is COc1ccccc1N1CCN([C@H]2CCc3c(ccn3S(=O)(=O)c3ccc(C)cc3)C2=O)CC1. The first kappa shape index (κ1) is 22.7. The lowest BCUT2D eigenvalue weighted by Gasteiger charge is -2.41. The molecule has 178 valence electrons. The highest BCUT2D eigenvalue weighted by molar-refractivity contribution is 7.90. The number of benzene rings is 2. The Morgan fingerprint density at radius 1 is 0.941 bits per heavy atom. The van der Waals surface area contributed by atoms with Crippen LogP contribution in [0.2, 0.25) is 0 Å². The number of piperazine rings is 1. The van der Waals surface area contributed by atoms with Gasteiger partial charge in [0.25, 0.3) is 10.0 Å². The molecule has 2 aromatic carbocycles. The van der Waals surface area contributed by atoms with E-state index in [1.165, 1.54) is 10.2 Å². The van der Waals surface area contributed by atoms with Crippen LogP contribution in [0.25, 0.3) is 0 Å². The number of nitrogens with zero attached hydrogens (tertiary/aromatic N) is 3. The molecule has 5 rings (SSSR count).